The molecule has 0 aromatic heterocycles. The molecule has 4 saturated carbocycles. The normalized spacial score (nSPS) is 57.0. The van der Waals surface area contributed by atoms with Crippen LogP contribution in [0.4, 0.5) is 0 Å². The van der Waals surface area contributed by atoms with E-state index in [1.807, 2.05) is 6.92 Å². The molecule has 0 bridgehead atoms. The van der Waals surface area contributed by atoms with Gasteiger partial charge >= 0.3 is 0 Å². The standard InChI is InChI=1S/C21H32O3/c1-13-10-15-16-6-8-20(3,24)19(16,2)7-5-17(15)21(12-22)9-4-14(23)11-18(13)21/h12-13,15-18,24H,4-11H2,1-3H3/t13?,15-,16-,17+,18?,19-,20?,21-/m0/s1. The van der Waals surface area contributed by atoms with Crippen LogP contribution in [0.5, 0.6) is 0 Å². The first-order valence-electron chi connectivity index (χ1n) is 9.95. The Morgan fingerprint density at radius 3 is 2.50 bits per heavy atom. The van der Waals surface area contributed by atoms with Crippen molar-refractivity contribution in [3.63, 3.8) is 0 Å². The van der Waals surface area contributed by atoms with Gasteiger partial charge in [-0.1, -0.05) is 13.8 Å². The van der Waals surface area contributed by atoms with E-state index in [-0.39, 0.29) is 16.7 Å². The van der Waals surface area contributed by atoms with Crippen LogP contribution in [0.15, 0.2) is 0 Å². The molecule has 3 nitrogen and oxygen atoms in total. The average molecular weight is 332 g/mol. The second-order valence-corrected chi connectivity index (χ2v) is 9.94. The van der Waals surface area contributed by atoms with Crippen LogP contribution in [0.25, 0.3) is 0 Å². The molecule has 0 radical (unpaired) electrons. The average Bonchev–Trinajstić information content (AvgIpc) is 2.78. The maximum absolute atomic E-state index is 12.4. The topological polar surface area (TPSA) is 54.4 Å². The van der Waals surface area contributed by atoms with E-state index < -0.39 is 5.60 Å². The minimum Gasteiger partial charge on any atom is -0.390 e. The molecule has 0 heterocycles. The van der Waals surface area contributed by atoms with Crippen molar-refractivity contribution in [3.05, 3.63) is 0 Å². The number of hydrogen-bond donors (Lipinski definition) is 1. The van der Waals surface area contributed by atoms with Gasteiger partial charge in [0.05, 0.1) is 5.60 Å². The van der Waals surface area contributed by atoms with Crippen molar-refractivity contribution in [2.75, 3.05) is 0 Å². The van der Waals surface area contributed by atoms with Gasteiger partial charge in [-0.3, -0.25) is 4.79 Å². The Hall–Kier alpha value is -0.700. The summed E-state index contributed by atoms with van der Waals surface area (Å²) in [6.07, 6.45) is 8.42. The molecule has 0 saturated heterocycles. The van der Waals surface area contributed by atoms with Gasteiger partial charge in [0.15, 0.2) is 0 Å². The third-order valence-corrected chi connectivity index (χ3v) is 9.21. The predicted molar refractivity (Wildman–Crippen MR) is 92.3 cm³/mol. The highest BCUT2D eigenvalue weighted by atomic mass is 16.3. The number of fused-ring (bicyclic) bond motifs is 5. The molecule has 134 valence electrons. The number of rotatable bonds is 1. The van der Waals surface area contributed by atoms with Crippen molar-refractivity contribution >= 4 is 12.1 Å². The molecule has 0 aliphatic heterocycles. The van der Waals surface area contributed by atoms with Crippen molar-refractivity contribution in [3.8, 4) is 0 Å². The molecule has 4 fully saturated rings. The van der Waals surface area contributed by atoms with Crippen LogP contribution >= 0.6 is 0 Å². The molecule has 3 unspecified atom stereocenters. The molecular weight excluding hydrogens is 300 g/mol. The van der Waals surface area contributed by atoms with Gasteiger partial charge in [0.25, 0.3) is 0 Å². The fourth-order valence-corrected chi connectivity index (χ4v) is 7.62. The van der Waals surface area contributed by atoms with E-state index in [9.17, 15) is 14.7 Å². The van der Waals surface area contributed by atoms with E-state index >= 15 is 0 Å². The summed E-state index contributed by atoms with van der Waals surface area (Å²) in [5, 5.41) is 11.0. The van der Waals surface area contributed by atoms with Crippen LogP contribution in [-0.4, -0.2) is 22.8 Å². The van der Waals surface area contributed by atoms with Crippen LogP contribution in [0.1, 0.15) is 72.1 Å². The lowest BCUT2D eigenvalue weighted by atomic mass is 9.42. The quantitative estimate of drug-likeness (QED) is 0.744. The third-order valence-electron chi connectivity index (χ3n) is 9.21. The fraction of sp³-hybridized carbons (Fsp3) is 0.905. The Kier molecular flexibility index (Phi) is 3.60. The lowest BCUT2D eigenvalue weighted by molar-refractivity contribution is -0.170. The molecule has 4 rings (SSSR count). The summed E-state index contributed by atoms with van der Waals surface area (Å²) in [7, 11) is 0. The number of carbonyl (C=O) groups excluding carboxylic acids is 2. The molecule has 3 heteroatoms. The summed E-state index contributed by atoms with van der Waals surface area (Å²) >= 11 is 0. The van der Waals surface area contributed by atoms with E-state index in [1.54, 1.807) is 0 Å². The Balaban J connectivity index is 1.73. The second kappa shape index (κ2) is 5.16. The summed E-state index contributed by atoms with van der Waals surface area (Å²) < 4.78 is 0. The maximum Gasteiger partial charge on any atom is 0.133 e. The van der Waals surface area contributed by atoms with Crippen LogP contribution < -0.4 is 0 Å². The van der Waals surface area contributed by atoms with Gasteiger partial charge in [0.2, 0.25) is 0 Å². The zero-order valence-corrected chi connectivity index (χ0v) is 15.4. The zero-order chi connectivity index (χ0) is 17.3. The zero-order valence-electron chi connectivity index (χ0n) is 15.4. The van der Waals surface area contributed by atoms with Crippen molar-refractivity contribution < 1.29 is 14.7 Å². The second-order valence-electron chi connectivity index (χ2n) is 9.94. The van der Waals surface area contributed by atoms with Crippen LogP contribution in [0, 0.1) is 40.4 Å². The Labute approximate surface area is 145 Å². The number of aldehydes is 1. The number of carbonyl (C=O) groups is 2. The van der Waals surface area contributed by atoms with E-state index in [4.69, 9.17) is 0 Å². The summed E-state index contributed by atoms with van der Waals surface area (Å²) in [5.74, 6) is 2.55. The van der Waals surface area contributed by atoms with Gasteiger partial charge < -0.3 is 9.90 Å². The van der Waals surface area contributed by atoms with Crippen LogP contribution in [-0.2, 0) is 9.59 Å². The highest BCUT2D eigenvalue weighted by Crippen LogP contribution is 2.68. The van der Waals surface area contributed by atoms with Crippen molar-refractivity contribution in [2.24, 2.45) is 40.4 Å². The van der Waals surface area contributed by atoms with E-state index in [0.717, 1.165) is 38.5 Å². The van der Waals surface area contributed by atoms with Gasteiger partial charge in [0.1, 0.15) is 12.1 Å². The summed E-state index contributed by atoms with van der Waals surface area (Å²) in [6, 6.07) is 0. The summed E-state index contributed by atoms with van der Waals surface area (Å²) in [5.41, 5.74) is -0.846. The molecule has 1 N–H and O–H groups in total. The van der Waals surface area contributed by atoms with Crippen molar-refractivity contribution in [1.82, 2.24) is 0 Å². The van der Waals surface area contributed by atoms with Crippen molar-refractivity contribution in [2.45, 2.75) is 77.7 Å². The molecule has 4 aliphatic carbocycles. The first kappa shape index (κ1) is 16.8. The SMILES string of the molecule is CC1C[C@@H]2[C@@H](CC[C@@]3(C)[C@H]2CCC3(C)O)[C@@]2(C=O)CCC(=O)CC12. The Morgan fingerprint density at radius 1 is 1.08 bits per heavy atom. The predicted octanol–water partition coefficient (Wildman–Crippen LogP) is 3.77. The van der Waals surface area contributed by atoms with Gasteiger partial charge in [-0.25, -0.2) is 0 Å². The molecule has 0 spiro atoms. The monoisotopic (exact) mass is 332 g/mol. The molecule has 0 amide bonds. The van der Waals surface area contributed by atoms with Crippen molar-refractivity contribution in [1.29, 1.82) is 0 Å². The molecule has 8 atom stereocenters. The number of Topliss-reactive ketones (excluding diaryl/α,β-unsaturated/α-hetero) is 1. The molecule has 0 aromatic rings. The first-order chi connectivity index (χ1) is 11.2. The number of ketones is 1. The largest absolute Gasteiger partial charge is 0.390 e. The summed E-state index contributed by atoms with van der Waals surface area (Å²) in [4.78, 5) is 24.4. The highest BCUT2D eigenvalue weighted by molar-refractivity contribution is 5.82. The number of aliphatic hydroxyl groups is 1. The van der Waals surface area contributed by atoms with E-state index in [1.165, 1.54) is 6.29 Å². The summed E-state index contributed by atoms with van der Waals surface area (Å²) in [6.45, 7) is 6.57. The third kappa shape index (κ3) is 1.94. The van der Waals surface area contributed by atoms with Crippen LogP contribution in [0.2, 0.25) is 0 Å². The van der Waals surface area contributed by atoms with E-state index in [0.29, 0.717) is 42.3 Å². The van der Waals surface area contributed by atoms with Gasteiger partial charge in [-0.15, -0.1) is 0 Å². The molecular formula is C21H32O3. The Morgan fingerprint density at radius 2 is 1.79 bits per heavy atom. The van der Waals surface area contributed by atoms with Crippen LogP contribution in [0.3, 0.4) is 0 Å². The Bertz CT molecular complexity index is 567. The fourth-order valence-electron chi connectivity index (χ4n) is 7.62. The van der Waals surface area contributed by atoms with Gasteiger partial charge in [-0.05, 0) is 80.5 Å². The minimum absolute atomic E-state index is 0.00468. The van der Waals surface area contributed by atoms with Gasteiger partial charge in [0, 0.05) is 18.3 Å². The molecule has 0 aromatic carbocycles. The lowest BCUT2D eigenvalue weighted by Crippen LogP contribution is -2.59. The first-order valence-corrected chi connectivity index (χ1v) is 9.95. The van der Waals surface area contributed by atoms with E-state index in [2.05, 4.69) is 13.8 Å². The van der Waals surface area contributed by atoms with Gasteiger partial charge in [-0.2, -0.15) is 0 Å². The highest BCUT2D eigenvalue weighted by Gasteiger charge is 2.65. The number of hydrogen-bond acceptors (Lipinski definition) is 3. The minimum atomic E-state index is -0.570. The molecule has 24 heavy (non-hydrogen) atoms. The molecule has 4 aliphatic rings. The smallest absolute Gasteiger partial charge is 0.133 e. The maximum atomic E-state index is 12.4. The lowest BCUT2D eigenvalue weighted by Gasteiger charge is -2.61.